The topological polar surface area (TPSA) is 114 Å². The van der Waals surface area contributed by atoms with E-state index in [1.165, 1.54) is 34.0 Å². The van der Waals surface area contributed by atoms with Gasteiger partial charge in [0, 0.05) is 69.4 Å². The second-order valence-electron chi connectivity index (χ2n) is 17.8. The molecule has 0 aromatic heterocycles. The summed E-state index contributed by atoms with van der Waals surface area (Å²) in [7, 11) is 0. The number of ketones is 1. The van der Waals surface area contributed by atoms with Crippen molar-refractivity contribution < 1.29 is 28.7 Å². The van der Waals surface area contributed by atoms with E-state index in [0.717, 1.165) is 64.0 Å². The molecular formula is C49H54FN5O5. The largest absolute Gasteiger partial charge is 0.508 e. The third-order valence-corrected chi connectivity index (χ3v) is 14.0. The number of carbonyl (C=O) groups excluding carboxylic acids is 4. The molecule has 1 aliphatic carbocycles. The molecule has 4 aromatic rings. The number of Topliss-reactive ketones (excluding diaryl/α,β-unsaturated/α-hetero) is 1. The molecule has 0 radical (unpaired) electrons. The summed E-state index contributed by atoms with van der Waals surface area (Å²) >= 11 is 0. The highest BCUT2D eigenvalue weighted by molar-refractivity contribution is 6.27. The zero-order valence-electron chi connectivity index (χ0n) is 34.4. The van der Waals surface area contributed by atoms with Gasteiger partial charge in [-0.25, -0.2) is 4.39 Å². The van der Waals surface area contributed by atoms with Crippen molar-refractivity contribution in [2.75, 3.05) is 42.5 Å². The summed E-state index contributed by atoms with van der Waals surface area (Å²) < 4.78 is 16.1. The SMILES string of the molecule is CC1CN(CC2CCN(c3ccc([C@@H]4c5ccc(O)cc5CC[C@@H]4c4ccccc4)cc3)CC2)CC(C)N1c1cc2c(cc1F)C(C(=O)C=O)N(C1CCC(=O)NC1=O)C2. The summed E-state index contributed by atoms with van der Waals surface area (Å²) in [5.74, 6) is -0.549. The minimum Gasteiger partial charge on any atom is -0.508 e. The van der Waals surface area contributed by atoms with Crippen LogP contribution in [0.5, 0.6) is 5.75 Å². The van der Waals surface area contributed by atoms with Gasteiger partial charge < -0.3 is 14.9 Å². The van der Waals surface area contributed by atoms with Crippen LogP contribution in [0.15, 0.2) is 84.9 Å². The zero-order valence-corrected chi connectivity index (χ0v) is 34.4. The van der Waals surface area contributed by atoms with E-state index in [0.29, 0.717) is 28.8 Å². The molecule has 2 N–H and O–H groups in total. The fourth-order valence-corrected chi connectivity index (χ4v) is 11.3. The highest BCUT2D eigenvalue weighted by Gasteiger charge is 2.45. The molecule has 60 heavy (non-hydrogen) atoms. The van der Waals surface area contributed by atoms with Gasteiger partial charge in [-0.15, -0.1) is 0 Å². The number of aromatic hydroxyl groups is 1. The molecule has 4 heterocycles. The van der Waals surface area contributed by atoms with Crippen molar-refractivity contribution >= 4 is 35.3 Å². The van der Waals surface area contributed by atoms with Gasteiger partial charge in [-0.05, 0) is 128 Å². The molecule has 6 atom stereocenters. The van der Waals surface area contributed by atoms with Gasteiger partial charge in [-0.1, -0.05) is 48.5 Å². The molecule has 0 saturated carbocycles. The number of aldehydes is 1. The summed E-state index contributed by atoms with van der Waals surface area (Å²) in [5.41, 5.74) is 8.07. The molecule has 4 unspecified atom stereocenters. The molecule has 0 spiro atoms. The molecule has 0 bridgehead atoms. The first-order valence-electron chi connectivity index (χ1n) is 21.7. The third kappa shape index (κ3) is 7.62. The molecular weight excluding hydrogens is 758 g/mol. The van der Waals surface area contributed by atoms with Crippen molar-refractivity contribution in [3.05, 3.63) is 124 Å². The maximum absolute atomic E-state index is 16.1. The van der Waals surface area contributed by atoms with Crippen LogP contribution in [0.1, 0.15) is 97.2 Å². The number of carbonyl (C=O) groups is 4. The molecule has 2 amide bonds. The van der Waals surface area contributed by atoms with Crippen LogP contribution in [0.3, 0.4) is 0 Å². The average Bonchev–Trinajstić information content (AvgIpc) is 3.61. The Hall–Kier alpha value is -5.39. The van der Waals surface area contributed by atoms with Gasteiger partial charge in [0.25, 0.3) is 0 Å². The summed E-state index contributed by atoms with van der Waals surface area (Å²) in [5, 5.41) is 12.6. The van der Waals surface area contributed by atoms with Crippen LogP contribution < -0.4 is 15.1 Å². The molecule has 11 heteroatoms. The first-order valence-corrected chi connectivity index (χ1v) is 21.7. The Kier molecular flexibility index (Phi) is 11.1. The van der Waals surface area contributed by atoms with Crippen molar-refractivity contribution in [3.63, 3.8) is 0 Å². The molecule has 3 fully saturated rings. The van der Waals surface area contributed by atoms with Crippen LogP contribution >= 0.6 is 0 Å². The highest BCUT2D eigenvalue weighted by atomic mass is 19.1. The predicted molar refractivity (Wildman–Crippen MR) is 229 cm³/mol. The number of amides is 2. The lowest BCUT2D eigenvalue weighted by Crippen LogP contribution is -2.58. The van der Waals surface area contributed by atoms with E-state index < -0.39 is 29.6 Å². The number of hydrogen-bond acceptors (Lipinski definition) is 9. The number of fused-ring (bicyclic) bond motifs is 2. The van der Waals surface area contributed by atoms with E-state index in [4.69, 9.17) is 0 Å². The van der Waals surface area contributed by atoms with E-state index in [2.05, 4.69) is 94.5 Å². The Labute approximate surface area is 351 Å². The Morgan fingerprint density at radius 2 is 1.57 bits per heavy atom. The number of rotatable bonds is 9. The normalized spacial score (nSPS) is 26.4. The van der Waals surface area contributed by atoms with Crippen molar-refractivity contribution in [3.8, 4) is 5.75 Å². The number of piperidine rings is 2. The van der Waals surface area contributed by atoms with Gasteiger partial charge >= 0.3 is 0 Å². The van der Waals surface area contributed by atoms with E-state index in [-0.39, 0.29) is 49.6 Å². The Morgan fingerprint density at radius 3 is 2.27 bits per heavy atom. The molecule has 5 aliphatic rings. The predicted octanol–water partition coefficient (Wildman–Crippen LogP) is 6.64. The van der Waals surface area contributed by atoms with Crippen LogP contribution in [0.2, 0.25) is 0 Å². The molecule has 4 aliphatic heterocycles. The molecule has 4 aromatic carbocycles. The summed E-state index contributed by atoms with van der Waals surface area (Å²) in [6.45, 7) is 9.06. The number of halogens is 1. The monoisotopic (exact) mass is 811 g/mol. The van der Waals surface area contributed by atoms with Crippen molar-refractivity contribution in [1.29, 1.82) is 0 Å². The fraction of sp³-hybridized carbons (Fsp3) is 0.429. The van der Waals surface area contributed by atoms with E-state index in [1.807, 2.05) is 12.1 Å². The molecule has 312 valence electrons. The summed E-state index contributed by atoms with van der Waals surface area (Å²) in [6.07, 6.45) is 4.81. The number of phenols is 1. The first kappa shape index (κ1) is 40.0. The Morgan fingerprint density at radius 1 is 0.833 bits per heavy atom. The zero-order chi connectivity index (χ0) is 41.7. The standard InChI is InChI=1S/C49H54FN5O5/c1-30-25-52(26-31(2)55(30)44-23-36-28-54(43-16-17-46(59)51-49(43)60)48(45(58)29-56)41(36)24-42(44)50)27-32-18-20-53(21-19-32)37-11-8-34(9-12-37)47-39(33-6-4-3-5-7-33)14-10-35-22-38(57)13-15-40(35)47/h3-9,11-13,15,22-24,29-32,39,43,47-48,57H,10,14,16-21,25-28H2,1-2H3,(H,51,59,60)/t30?,31?,39-,43?,47+,48?/m1/s1. The lowest BCUT2D eigenvalue weighted by molar-refractivity contribution is -0.141. The number of piperazine rings is 1. The average molecular weight is 812 g/mol. The number of nitrogens with zero attached hydrogens (tertiary/aromatic N) is 4. The van der Waals surface area contributed by atoms with E-state index >= 15 is 4.39 Å². The number of aryl methyl sites for hydroxylation is 1. The Bertz CT molecular complexity index is 2270. The highest BCUT2D eigenvalue weighted by Crippen LogP contribution is 2.47. The van der Waals surface area contributed by atoms with Crippen LogP contribution in [0.4, 0.5) is 15.8 Å². The maximum Gasteiger partial charge on any atom is 0.243 e. The van der Waals surface area contributed by atoms with Crippen molar-refractivity contribution in [2.45, 2.75) is 94.9 Å². The van der Waals surface area contributed by atoms with E-state index in [9.17, 15) is 24.3 Å². The van der Waals surface area contributed by atoms with Gasteiger partial charge in [-0.3, -0.25) is 34.3 Å². The van der Waals surface area contributed by atoms with Crippen molar-refractivity contribution in [1.82, 2.24) is 15.1 Å². The molecule has 9 rings (SSSR count). The van der Waals surface area contributed by atoms with Gasteiger partial charge in [0.1, 0.15) is 17.6 Å². The minimum atomic E-state index is -1.06. The number of nitrogens with one attached hydrogen (secondary N) is 1. The van der Waals surface area contributed by atoms with Crippen LogP contribution in [0, 0.1) is 11.7 Å². The van der Waals surface area contributed by atoms with Gasteiger partial charge in [-0.2, -0.15) is 0 Å². The van der Waals surface area contributed by atoms with Gasteiger partial charge in [0.2, 0.25) is 17.6 Å². The number of hydrogen-bond donors (Lipinski definition) is 2. The van der Waals surface area contributed by atoms with Crippen molar-refractivity contribution in [2.24, 2.45) is 5.92 Å². The number of imide groups is 1. The summed E-state index contributed by atoms with van der Waals surface area (Å²) in [6, 6.07) is 27.3. The first-order chi connectivity index (χ1) is 29.1. The minimum absolute atomic E-state index is 0.0308. The lowest BCUT2D eigenvalue weighted by atomic mass is 9.69. The number of benzene rings is 4. The van der Waals surface area contributed by atoms with Gasteiger partial charge in [0.05, 0.1) is 11.7 Å². The maximum atomic E-state index is 16.1. The smallest absolute Gasteiger partial charge is 0.243 e. The van der Waals surface area contributed by atoms with Gasteiger partial charge in [0.15, 0.2) is 6.29 Å². The fourth-order valence-electron chi connectivity index (χ4n) is 11.3. The molecule has 3 saturated heterocycles. The number of anilines is 2. The lowest BCUT2D eigenvalue weighted by Gasteiger charge is -2.47. The summed E-state index contributed by atoms with van der Waals surface area (Å²) in [4.78, 5) is 58.1. The quantitative estimate of drug-likeness (QED) is 0.109. The second kappa shape index (κ2) is 16.6. The number of phenolic OH excluding ortho intramolecular Hbond substituents is 1. The molecule has 10 nitrogen and oxygen atoms in total. The second-order valence-corrected chi connectivity index (χ2v) is 17.8. The van der Waals surface area contributed by atoms with Crippen LogP contribution in [0.25, 0.3) is 0 Å². The van der Waals surface area contributed by atoms with Crippen LogP contribution in [-0.4, -0.2) is 89.6 Å². The third-order valence-electron chi connectivity index (χ3n) is 14.0. The van der Waals surface area contributed by atoms with E-state index in [1.54, 1.807) is 11.0 Å². The van der Waals surface area contributed by atoms with Crippen LogP contribution in [-0.2, 0) is 32.1 Å². The Balaban J connectivity index is 0.831.